The SMILES string of the molecule is CC(C)C(NC(=O)C1=CCC=C(c2ccc(Nc3nc4ccc(F)cc4s3)c(F)c2)C=C1)C(=O)O. The number of aliphatic carboxylic acids is 1. The van der Waals surface area contributed by atoms with E-state index in [0.29, 0.717) is 32.9 Å². The van der Waals surface area contributed by atoms with Crippen LogP contribution in [0.4, 0.5) is 19.6 Å². The smallest absolute Gasteiger partial charge is 0.326 e. The second-order valence-electron chi connectivity index (χ2n) is 8.37. The predicted octanol–water partition coefficient (Wildman–Crippen LogP) is 5.81. The molecule has 1 heterocycles. The Bertz CT molecular complexity index is 1390. The summed E-state index contributed by atoms with van der Waals surface area (Å²) in [6.07, 6.45) is 7.28. The number of nitrogens with one attached hydrogen (secondary N) is 2. The number of aromatic nitrogens is 1. The quantitative estimate of drug-likeness (QED) is 0.385. The summed E-state index contributed by atoms with van der Waals surface area (Å²) >= 11 is 1.23. The number of carboxylic acids is 1. The summed E-state index contributed by atoms with van der Waals surface area (Å²) in [6, 6.07) is 8.02. The van der Waals surface area contributed by atoms with Gasteiger partial charge in [0, 0.05) is 5.57 Å². The lowest BCUT2D eigenvalue weighted by Gasteiger charge is -2.18. The molecule has 4 rings (SSSR count). The largest absolute Gasteiger partial charge is 0.480 e. The first-order valence-corrected chi connectivity index (χ1v) is 11.8. The molecule has 0 saturated heterocycles. The van der Waals surface area contributed by atoms with Gasteiger partial charge < -0.3 is 15.7 Å². The average Bonchev–Trinajstić information content (AvgIpc) is 3.03. The maximum absolute atomic E-state index is 14.9. The third-order valence-electron chi connectivity index (χ3n) is 5.49. The topological polar surface area (TPSA) is 91.3 Å². The number of nitrogens with zero attached hydrogens (tertiary/aromatic N) is 1. The van der Waals surface area contributed by atoms with Crippen molar-refractivity contribution in [1.29, 1.82) is 0 Å². The van der Waals surface area contributed by atoms with Crippen LogP contribution in [0.25, 0.3) is 15.8 Å². The third-order valence-corrected chi connectivity index (χ3v) is 6.43. The molecule has 0 radical (unpaired) electrons. The molecule has 0 spiro atoms. The monoisotopic (exact) mass is 495 g/mol. The van der Waals surface area contributed by atoms with Gasteiger partial charge in [-0.3, -0.25) is 4.79 Å². The Morgan fingerprint density at radius 2 is 1.89 bits per heavy atom. The second kappa shape index (κ2) is 10.2. The number of fused-ring (bicyclic) bond motifs is 1. The molecular weight excluding hydrogens is 472 g/mol. The van der Waals surface area contributed by atoms with Gasteiger partial charge in [0.2, 0.25) is 0 Å². The van der Waals surface area contributed by atoms with E-state index >= 15 is 0 Å². The van der Waals surface area contributed by atoms with Gasteiger partial charge in [-0.15, -0.1) is 0 Å². The lowest BCUT2D eigenvalue weighted by Crippen LogP contribution is -2.44. The van der Waals surface area contributed by atoms with E-state index in [1.165, 1.54) is 29.5 Å². The molecule has 3 aromatic rings. The van der Waals surface area contributed by atoms with Crippen molar-refractivity contribution in [3.63, 3.8) is 0 Å². The summed E-state index contributed by atoms with van der Waals surface area (Å²) in [5.41, 5.74) is 2.55. The number of carboxylic acid groups (broad SMARTS) is 1. The number of hydrogen-bond donors (Lipinski definition) is 3. The van der Waals surface area contributed by atoms with Gasteiger partial charge in [0.15, 0.2) is 5.13 Å². The molecule has 6 nitrogen and oxygen atoms in total. The molecule has 0 saturated carbocycles. The van der Waals surface area contributed by atoms with Gasteiger partial charge >= 0.3 is 5.97 Å². The fourth-order valence-electron chi connectivity index (χ4n) is 3.61. The molecule has 1 unspecified atom stereocenters. The van der Waals surface area contributed by atoms with Crippen LogP contribution in [0.3, 0.4) is 0 Å². The molecule has 180 valence electrons. The first-order chi connectivity index (χ1) is 16.7. The van der Waals surface area contributed by atoms with Crippen LogP contribution >= 0.6 is 11.3 Å². The highest BCUT2D eigenvalue weighted by Crippen LogP contribution is 2.31. The molecular formula is C26H23F2N3O3S. The highest BCUT2D eigenvalue weighted by Gasteiger charge is 2.24. The lowest BCUT2D eigenvalue weighted by molar-refractivity contribution is -0.142. The van der Waals surface area contributed by atoms with E-state index < -0.39 is 23.7 Å². The molecule has 0 fully saturated rings. The number of rotatable bonds is 7. The number of anilines is 2. The van der Waals surface area contributed by atoms with Gasteiger partial charge in [-0.25, -0.2) is 18.6 Å². The van der Waals surface area contributed by atoms with Crippen LogP contribution < -0.4 is 10.6 Å². The number of thiazole rings is 1. The minimum Gasteiger partial charge on any atom is -0.480 e. The van der Waals surface area contributed by atoms with Crippen LogP contribution in [-0.4, -0.2) is 28.0 Å². The normalized spacial score (nSPS) is 14.3. The molecule has 1 amide bonds. The van der Waals surface area contributed by atoms with Crippen LogP contribution in [0.5, 0.6) is 0 Å². The zero-order valence-electron chi connectivity index (χ0n) is 19.0. The molecule has 9 heteroatoms. The molecule has 35 heavy (non-hydrogen) atoms. The summed E-state index contributed by atoms with van der Waals surface area (Å²) in [5, 5.41) is 15.2. The number of hydrogen-bond acceptors (Lipinski definition) is 5. The molecule has 3 N–H and O–H groups in total. The number of amides is 1. The second-order valence-corrected chi connectivity index (χ2v) is 9.40. The Morgan fingerprint density at radius 3 is 2.60 bits per heavy atom. The van der Waals surface area contributed by atoms with Crippen molar-refractivity contribution in [3.05, 3.63) is 83.5 Å². The average molecular weight is 496 g/mol. The minimum absolute atomic E-state index is 0.234. The Kier molecular flexibility index (Phi) is 7.07. The van der Waals surface area contributed by atoms with Crippen molar-refractivity contribution in [2.75, 3.05) is 5.32 Å². The Hall–Kier alpha value is -3.85. The van der Waals surface area contributed by atoms with Crippen molar-refractivity contribution in [3.8, 4) is 0 Å². The van der Waals surface area contributed by atoms with E-state index in [4.69, 9.17) is 0 Å². The highest BCUT2D eigenvalue weighted by molar-refractivity contribution is 7.22. The standard InChI is InChI=1S/C26H23F2N3O3S/c1-14(2)23(25(33)34)31-24(32)16-5-3-4-15(6-7-16)17-8-10-20(19(28)12-17)29-26-30-21-11-9-18(27)13-22(21)35-26/h4-14,23H,3H2,1-2H3,(H,29,30)(H,31,32)(H,33,34). The summed E-state index contributed by atoms with van der Waals surface area (Å²) in [7, 11) is 0. The number of carbonyl (C=O) groups excluding carboxylic acids is 1. The number of benzene rings is 2. The van der Waals surface area contributed by atoms with Crippen LogP contribution in [0.2, 0.25) is 0 Å². The molecule has 1 atom stereocenters. The van der Waals surface area contributed by atoms with E-state index in [1.807, 2.05) is 6.08 Å². The fourth-order valence-corrected chi connectivity index (χ4v) is 4.52. The van der Waals surface area contributed by atoms with Gasteiger partial charge in [-0.05, 0) is 59.9 Å². The van der Waals surface area contributed by atoms with Gasteiger partial charge in [0.1, 0.15) is 17.7 Å². The molecule has 0 bridgehead atoms. The van der Waals surface area contributed by atoms with Crippen molar-refractivity contribution < 1.29 is 23.5 Å². The summed E-state index contributed by atoms with van der Waals surface area (Å²) in [5.74, 6) is -2.67. The Labute approximate surface area is 204 Å². The maximum atomic E-state index is 14.9. The summed E-state index contributed by atoms with van der Waals surface area (Å²) < 4.78 is 29.0. The van der Waals surface area contributed by atoms with Crippen molar-refractivity contribution >= 4 is 49.8 Å². The van der Waals surface area contributed by atoms with Crippen LogP contribution in [0, 0.1) is 17.6 Å². The van der Waals surface area contributed by atoms with Crippen molar-refractivity contribution in [2.45, 2.75) is 26.3 Å². The Morgan fingerprint density at radius 1 is 1.09 bits per heavy atom. The van der Waals surface area contributed by atoms with Crippen LogP contribution in [-0.2, 0) is 9.59 Å². The number of allylic oxidation sites excluding steroid dienone is 4. The zero-order chi connectivity index (χ0) is 25.1. The Balaban J connectivity index is 1.47. The molecule has 1 aromatic heterocycles. The zero-order valence-corrected chi connectivity index (χ0v) is 19.8. The minimum atomic E-state index is -1.09. The highest BCUT2D eigenvalue weighted by atomic mass is 32.1. The molecule has 1 aliphatic carbocycles. The number of carbonyl (C=O) groups is 2. The van der Waals surface area contributed by atoms with Gasteiger partial charge in [0.25, 0.3) is 5.91 Å². The number of halogens is 2. The van der Waals surface area contributed by atoms with Crippen LogP contribution in [0.15, 0.2) is 66.3 Å². The van der Waals surface area contributed by atoms with Crippen molar-refractivity contribution in [1.82, 2.24) is 10.3 Å². The first kappa shape index (κ1) is 24.3. The molecule has 0 aliphatic heterocycles. The fraction of sp³-hybridized carbons (Fsp3) is 0.192. The molecule has 2 aromatic carbocycles. The van der Waals surface area contributed by atoms with E-state index in [9.17, 15) is 23.5 Å². The van der Waals surface area contributed by atoms with Gasteiger partial charge in [-0.2, -0.15) is 0 Å². The summed E-state index contributed by atoms with van der Waals surface area (Å²) in [6.45, 7) is 3.44. The lowest BCUT2D eigenvalue weighted by atomic mass is 10.0. The maximum Gasteiger partial charge on any atom is 0.326 e. The van der Waals surface area contributed by atoms with E-state index in [2.05, 4.69) is 15.6 Å². The van der Waals surface area contributed by atoms with E-state index in [0.717, 1.165) is 5.57 Å². The third kappa shape index (κ3) is 5.63. The van der Waals surface area contributed by atoms with Crippen LogP contribution in [0.1, 0.15) is 25.8 Å². The predicted molar refractivity (Wildman–Crippen MR) is 133 cm³/mol. The van der Waals surface area contributed by atoms with E-state index in [-0.39, 0.29) is 17.4 Å². The summed E-state index contributed by atoms with van der Waals surface area (Å²) in [4.78, 5) is 28.3. The first-order valence-electron chi connectivity index (χ1n) is 11.0. The van der Waals surface area contributed by atoms with Gasteiger partial charge in [0.05, 0.1) is 15.9 Å². The van der Waals surface area contributed by atoms with Crippen molar-refractivity contribution in [2.24, 2.45) is 5.92 Å². The molecule has 1 aliphatic rings. The van der Waals surface area contributed by atoms with E-state index in [1.54, 1.807) is 50.3 Å². The van der Waals surface area contributed by atoms with Gasteiger partial charge in [-0.1, -0.05) is 49.5 Å².